The third kappa shape index (κ3) is 5.10. The Labute approximate surface area is 180 Å². The molecule has 0 spiro atoms. The number of nitrogens with zero attached hydrogens (tertiary/aromatic N) is 2. The van der Waals surface area contributed by atoms with E-state index in [-0.39, 0.29) is 5.91 Å². The van der Waals surface area contributed by atoms with Gasteiger partial charge in [0.1, 0.15) is 0 Å². The Hall–Kier alpha value is -2.18. The summed E-state index contributed by atoms with van der Waals surface area (Å²) in [5.74, 6) is 0.0462. The zero-order valence-electron chi connectivity index (χ0n) is 18.0. The summed E-state index contributed by atoms with van der Waals surface area (Å²) in [4.78, 5) is 15.1. The third-order valence-corrected chi connectivity index (χ3v) is 7.44. The Kier molecular flexibility index (Phi) is 7.67. The monoisotopic (exact) mass is 428 g/mol. The van der Waals surface area contributed by atoms with Crippen LogP contribution >= 0.6 is 0 Å². The first kappa shape index (κ1) is 22.5. The average Bonchev–Trinajstić information content (AvgIpc) is 2.79. The molecule has 1 amide bonds. The van der Waals surface area contributed by atoms with Crippen molar-refractivity contribution < 1.29 is 13.2 Å². The highest BCUT2D eigenvalue weighted by molar-refractivity contribution is 7.89. The molecule has 2 aromatic carbocycles. The molecule has 1 aliphatic rings. The third-order valence-electron chi connectivity index (χ3n) is 5.52. The lowest BCUT2D eigenvalue weighted by Gasteiger charge is -2.25. The van der Waals surface area contributed by atoms with E-state index in [4.69, 9.17) is 0 Å². The molecule has 1 saturated heterocycles. The minimum absolute atomic E-state index is 0.0462. The zero-order valence-corrected chi connectivity index (χ0v) is 18.8. The number of hydrogen-bond donors (Lipinski definition) is 0. The van der Waals surface area contributed by atoms with Gasteiger partial charge in [0.2, 0.25) is 10.0 Å². The van der Waals surface area contributed by atoms with Gasteiger partial charge in [-0.05, 0) is 61.1 Å². The van der Waals surface area contributed by atoms with Crippen molar-refractivity contribution in [2.24, 2.45) is 0 Å². The maximum Gasteiger partial charge on any atom is 0.253 e. The van der Waals surface area contributed by atoms with E-state index in [2.05, 4.69) is 13.8 Å². The van der Waals surface area contributed by atoms with Gasteiger partial charge in [-0.25, -0.2) is 8.42 Å². The van der Waals surface area contributed by atoms with Crippen molar-refractivity contribution in [2.75, 3.05) is 26.2 Å². The molecule has 162 valence electrons. The fraction of sp³-hybridized carbons (Fsp3) is 0.458. The lowest BCUT2D eigenvalue weighted by molar-refractivity contribution is 0.0755. The zero-order chi connectivity index (χ0) is 21.6. The van der Waals surface area contributed by atoms with Crippen LogP contribution in [0.2, 0.25) is 0 Å². The Morgan fingerprint density at radius 2 is 1.53 bits per heavy atom. The molecule has 6 heteroatoms. The SMILES string of the molecule is CCCN(CCC)C(=O)c1cccc(-c2ccc(S(=O)(=O)N3CCCCC3)cc2)c1. The topological polar surface area (TPSA) is 57.7 Å². The van der Waals surface area contributed by atoms with Crippen molar-refractivity contribution in [3.8, 4) is 11.1 Å². The van der Waals surface area contributed by atoms with Crippen LogP contribution < -0.4 is 0 Å². The van der Waals surface area contributed by atoms with E-state index in [1.807, 2.05) is 41.3 Å². The minimum atomic E-state index is -3.43. The smallest absolute Gasteiger partial charge is 0.253 e. The highest BCUT2D eigenvalue weighted by Gasteiger charge is 2.25. The molecular formula is C24H32N2O3S. The molecule has 0 atom stereocenters. The number of sulfonamides is 1. The number of piperidine rings is 1. The van der Waals surface area contributed by atoms with Gasteiger partial charge in [0.25, 0.3) is 5.91 Å². The van der Waals surface area contributed by atoms with Crippen LogP contribution in [0.15, 0.2) is 53.4 Å². The van der Waals surface area contributed by atoms with E-state index in [1.54, 1.807) is 16.4 Å². The second-order valence-electron chi connectivity index (χ2n) is 7.86. The second kappa shape index (κ2) is 10.2. The Balaban J connectivity index is 1.81. The molecule has 2 aromatic rings. The number of rotatable bonds is 8. The van der Waals surface area contributed by atoms with E-state index in [0.29, 0.717) is 23.5 Å². The molecule has 1 aliphatic heterocycles. The van der Waals surface area contributed by atoms with Crippen molar-refractivity contribution in [1.29, 1.82) is 0 Å². The van der Waals surface area contributed by atoms with Crippen molar-refractivity contribution >= 4 is 15.9 Å². The molecule has 1 fully saturated rings. The molecule has 3 rings (SSSR count). The van der Waals surface area contributed by atoms with Crippen LogP contribution in [0.4, 0.5) is 0 Å². The quantitative estimate of drug-likeness (QED) is 0.607. The van der Waals surface area contributed by atoms with Crippen LogP contribution in [-0.4, -0.2) is 49.7 Å². The van der Waals surface area contributed by atoms with E-state index in [9.17, 15) is 13.2 Å². The Morgan fingerprint density at radius 3 is 2.13 bits per heavy atom. The average molecular weight is 429 g/mol. The predicted octanol–water partition coefficient (Wildman–Crippen LogP) is 4.79. The first-order valence-electron chi connectivity index (χ1n) is 11.0. The number of hydrogen-bond acceptors (Lipinski definition) is 3. The van der Waals surface area contributed by atoms with Gasteiger partial charge < -0.3 is 4.90 Å². The maximum absolute atomic E-state index is 12.9. The molecule has 0 saturated carbocycles. The van der Waals surface area contributed by atoms with Gasteiger partial charge in [0.05, 0.1) is 4.90 Å². The van der Waals surface area contributed by atoms with Gasteiger partial charge in [-0.15, -0.1) is 0 Å². The van der Waals surface area contributed by atoms with Crippen LogP contribution in [0.5, 0.6) is 0 Å². The van der Waals surface area contributed by atoms with E-state index in [1.165, 1.54) is 0 Å². The summed E-state index contributed by atoms with van der Waals surface area (Å²) in [6.07, 6.45) is 4.79. The molecule has 0 aromatic heterocycles. The van der Waals surface area contributed by atoms with Crippen molar-refractivity contribution in [1.82, 2.24) is 9.21 Å². The summed E-state index contributed by atoms with van der Waals surface area (Å²) in [5.41, 5.74) is 2.48. The molecule has 5 nitrogen and oxygen atoms in total. The first-order chi connectivity index (χ1) is 14.5. The van der Waals surface area contributed by atoms with Crippen LogP contribution in [0.25, 0.3) is 11.1 Å². The number of amides is 1. The van der Waals surface area contributed by atoms with E-state index >= 15 is 0 Å². The summed E-state index contributed by atoms with van der Waals surface area (Å²) >= 11 is 0. The number of benzene rings is 2. The van der Waals surface area contributed by atoms with Gasteiger partial charge in [-0.3, -0.25) is 4.79 Å². The summed E-state index contributed by atoms with van der Waals surface area (Å²) in [6, 6.07) is 14.6. The highest BCUT2D eigenvalue weighted by atomic mass is 32.2. The molecule has 30 heavy (non-hydrogen) atoms. The van der Waals surface area contributed by atoms with Crippen molar-refractivity contribution in [2.45, 2.75) is 50.8 Å². The standard InChI is InChI=1S/C24H32N2O3S/c1-3-15-25(16-4-2)24(27)22-10-8-9-21(19-22)20-11-13-23(14-12-20)30(28,29)26-17-6-5-7-18-26/h8-14,19H,3-7,15-18H2,1-2H3. The summed E-state index contributed by atoms with van der Waals surface area (Å²) in [6.45, 7) is 6.85. The van der Waals surface area contributed by atoms with Gasteiger partial charge in [-0.1, -0.05) is 44.5 Å². The Morgan fingerprint density at radius 1 is 0.900 bits per heavy atom. The Bertz CT molecular complexity index is 943. The molecule has 0 bridgehead atoms. The second-order valence-corrected chi connectivity index (χ2v) is 9.80. The molecule has 0 N–H and O–H groups in total. The van der Waals surface area contributed by atoms with E-state index in [0.717, 1.165) is 56.3 Å². The number of carbonyl (C=O) groups is 1. The predicted molar refractivity (Wildman–Crippen MR) is 121 cm³/mol. The van der Waals surface area contributed by atoms with Crippen LogP contribution in [-0.2, 0) is 10.0 Å². The first-order valence-corrected chi connectivity index (χ1v) is 12.4. The van der Waals surface area contributed by atoms with Crippen LogP contribution in [0, 0.1) is 0 Å². The summed E-state index contributed by atoms with van der Waals surface area (Å²) in [7, 11) is -3.43. The van der Waals surface area contributed by atoms with Crippen LogP contribution in [0.1, 0.15) is 56.3 Å². The fourth-order valence-electron chi connectivity index (χ4n) is 3.94. The van der Waals surface area contributed by atoms with Gasteiger partial charge in [-0.2, -0.15) is 4.31 Å². The maximum atomic E-state index is 12.9. The normalized spacial score (nSPS) is 15.1. The lowest BCUT2D eigenvalue weighted by Crippen LogP contribution is -2.35. The summed E-state index contributed by atoms with van der Waals surface area (Å²) in [5, 5.41) is 0. The van der Waals surface area contributed by atoms with Gasteiger partial charge in [0.15, 0.2) is 0 Å². The van der Waals surface area contributed by atoms with Gasteiger partial charge >= 0.3 is 0 Å². The highest BCUT2D eigenvalue weighted by Crippen LogP contribution is 2.25. The minimum Gasteiger partial charge on any atom is -0.339 e. The van der Waals surface area contributed by atoms with E-state index < -0.39 is 10.0 Å². The largest absolute Gasteiger partial charge is 0.339 e. The molecular weight excluding hydrogens is 396 g/mol. The van der Waals surface area contributed by atoms with Crippen LogP contribution in [0.3, 0.4) is 0 Å². The fourth-order valence-corrected chi connectivity index (χ4v) is 5.46. The molecule has 0 radical (unpaired) electrons. The van der Waals surface area contributed by atoms with Crippen molar-refractivity contribution in [3.05, 3.63) is 54.1 Å². The number of carbonyl (C=O) groups excluding carboxylic acids is 1. The van der Waals surface area contributed by atoms with Crippen molar-refractivity contribution in [3.63, 3.8) is 0 Å². The molecule has 0 unspecified atom stereocenters. The summed E-state index contributed by atoms with van der Waals surface area (Å²) < 4.78 is 27.3. The lowest BCUT2D eigenvalue weighted by atomic mass is 10.0. The molecule has 0 aliphatic carbocycles. The van der Waals surface area contributed by atoms with Gasteiger partial charge in [0, 0.05) is 31.7 Å². The molecule has 1 heterocycles.